The topological polar surface area (TPSA) is 49.3 Å². The van der Waals surface area contributed by atoms with Crippen LogP contribution in [0.2, 0.25) is 5.02 Å². The average molecular weight is 290 g/mol. The summed E-state index contributed by atoms with van der Waals surface area (Å²) in [5.41, 5.74) is 0.294. The van der Waals surface area contributed by atoms with Crippen molar-refractivity contribution in [1.82, 2.24) is 5.32 Å². The average Bonchev–Trinajstić information content (AvgIpc) is 2.36. The maximum absolute atomic E-state index is 11.8. The van der Waals surface area contributed by atoms with E-state index in [2.05, 4.69) is 12.2 Å². The molecule has 2 N–H and O–H groups in total. The molecule has 1 atom stereocenters. The number of aromatic hydroxyl groups is 1. The number of rotatable bonds is 6. The Labute approximate surface area is 117 Å². The molecule has 5 heteroatoms. The number of alkyl halides is 1. The Hall–Kier alpha value is -0.930. The second-order valence-electron chi connectivity index (χ2n) is 4.32. The van der Waals surface area contributed by atoms with Gasteiger partial charge in [-0.2, -0.15) is 0 Å². The first kappa shape index (κ1) is 15.1. The van der Waals surface area contributed by atoms with Crippen molar-refractivity contribution in [2.45, 2.75) is 19.8 Å². The second-order valence-corrected chi connectivity index (χ2v) is 5.04. The summed E-state index contributed by atoms with van der Waals surface area (Å²) in [5, 5.41) is 12.4. The SMILES string of the molecule is CC(CCl)CCCNC(=O)c1cc(O)ccc1Cl. The Balaban J connectivity index is 2.43. The van der Waals surface area contributed by atoms with Crippen molar-refractivity contribution in [2.24, 2.45) is 5.92 Å². The third-order valence-corrected chi connectivity index (χ3v) is 3.47. The number of halogens is 2. The van der Waals surface area contributed by atoms with Crippen LogP contribution in [0.5, 0.6) is 5.75 Å². The van der Waals surface area contributed by atoms with Gasteiger partial charge in [0.2, 0.25) is 0 Å². The lowest BCUT2D eigenvalue weighted by molar-refractivity contribution is 0.0952. The van der Waals surface area contributed by atoms with Crippen LogP contribution >= 0.6 is 23.2 Å². The fourth-order valence-electron chi connectivity index (χ4n) is 1.51. The largest absolute Gasteiger partial charge is 0.508 e. The highest BCUT2D eigenvalue weighted by Gasteiger charge is 2.10. The Bertz CT molecular complexity index is 410. The van der Waals surface area contributed by atoms with Gasteiger partial charge in [0.15, 0.2) is 0 Å². The summed E-state index contributed by atoms with van der Waals surface area (Å²) in [6, 6.07) is 4.31. The number of nitrogens with one attached hydrogen (secondary N) is 1. The maximum atomic E-state index is 11.8. The van der Waals surface area contributed by atoms with E-state index in [1.807, 2.05) is 0 Å². The van der Waals surface area contributed by atoms with Crippen molar-refractivity contribution in [3.05, 3.63) is 28.8 Å². The van der Waals surface area contributed by atoms with Gasteiger partial charge < -0.3 is 10.4 Å². The van der Waals surface area contributed by atoms with Crippen molar-refractivity contribution < 1.29 is 9.90 Å². The van der Waals surface area contributed by atoms with Crippen molar-refractivity contribution in [3.8, 4) is 5.75 Å². The molecule has 100 valence electrons. The van der Waals surface area contributed by atoms with Crippen LogP contribution in [0.4, 0.5) is 0 Å². The summed E-state index contributed by atoms with van der Waals surface area (Å²) in [4.78, 5) is 11.8. The zero-order chi connectivity index (χ0) is 13.5. The van der Waals surface area contributed by atoms with Crippen LogP contribution in [0.15, 0.2) is 18.2 Å². The van der Waals surface area contributed by atoms with E-state index in [-0.39, 0.29) is 11.7 Å². The van der Waals surface area contributed by atoms with E-state index in [0.29, 0.717) is 28.9 Å². The van der Waals surface area contributed by atoms with Crippen molar-refractivity contribution in [1.29, 1.82) is 0 Å². The summed E-state index contributed by atoms with van der Waals surface area (Å²) in [5.74, 6) is 0.842. The van der Waals surface area contributed by atoms with Gasteiger partial charge in [-0.05, 0) is 37.0 Å². The van der Waals surface area contributed by atoms with E-state index in [1.165, 1.54) is 18.2 Å². The van der Waals surface area contributed by atoms with Gasteiger partial charge in [0, 0.05) is 12.4 Å². The molecule has 1 aromatic rings. The third kappa shape index (κ3) is 4.75. The molecule has 0 spiro atoms. The van der Waals surface area contributed by atoms with E-state index in [9.17, 15) is 9.90 Å². The first-order chi connectivity index (χ1) is 8.54. The molecule has 0 aliphatic heterocycles. The minimum Gasteiger partial charge on any atom is -0.508 e. The third-order valence-electron chi connectivity index (χ3n) is 2.62. The molecular formula is C13H17Cl2NO2. The summed E-state index contributed by atoms with van der Waals surface area (Å²) in [7, 11) is 0. The van der Waals surface area contributed by atoms with Crippen LogP contribution in [-0.4, -0.2) is 23.4 Å². The Morgan fingerprint density at radius 2 is 2.22 bits per heavy atom. The van der Waals surface area contributed by atoms with E-state index in [1.54, 1.807) is 0 Å². The molecule has 0 fully saturated rings. The van der Waals surface area contributed by atoms with Crippen LogP contribution in [0.25, 0.3) is 0 Å². The number of phenolic OH excluding ortho intramolecular Hbond substituents is 1. The van der Waals surface area contributed by atoms with Crippen LogP contribution in [0, 0.1) is 5.92 Å². The fraction of sp³-hybridized carbons (Fsp3) is 0.462. The van der Waals surface area contributed by atoms with Crippen molar-refractivity contribution in [3.63, 3.8) is 0 Å². The van der Waals surface area contributed by atoms with E-state index >= 15 is 0 Å². The van der Waals surface area contributed by atoms with Gasteiger partial charge in [0.1, 0.15) is 5.75 Å². The number of hydrogen-bond acceptors (Lipinski definition) is 2. The molecule has 3 nitrogen and oxygen atoms in total. The molecule has 0 radical (unpaired) electrons. The highest BCUT2D eigenvalue weighted by molar-refractivity contribution is 6.33. The number of carbonyl (C=O) groups is 1. The predicted octanol–water partition coefficient (Wildman–Crippen LogP) is 3.43. The van der Waals surface area contributed by atoms with Gasteiger partial charge in [0.05, 0.1) is 10.6 Å². The summed E-state index contributed by atoms with van der Waals surface area (Å²) < 4.78 is 0. The molecular weight excluding hydrogens is 273 g/mol. The molecule has 1 unspecified atom stereocenters. The second kappa shape index (κ2) is 7.49. The maximum Gasteiger partial charge on any atom is 0.252 e. The smallest absolute Gasteiger partial charge is 0.252 e. The molecule has 1 aromatic carbocycles. The first-order valence-electron chi connectivity index (χ1n) is 5.87. The molecule has 0 saturated heterocycles. The molecule has 18 heavy (non-hydrogen) atoms. The van der Waals surface area contributed by atoms with Crippen LogP contribution in [0.1, 0.15) is 30.1 Å². The van der Waals surface area contributed by atoms with Gasteiger partial charge in [-0.3, -0.25) is 4.79 Å². The molecule has 0 bridgehead atoms. The van der Waals surface area contributed by atoms with E-state index in [4.69, 9.17) is 23.2 Å². The van der Waals surface area contributed by atoms with Gasteiger partial charge >= 0.3 is 0 Å². The van der Waals surface area contributed by atoms with Gasteiger partial charge in [-0.15, -0.1) is 11.6 Å². The number of hydrogen-bond donors (Lipinski definition) is 2. The van der Waals surface area contributed by atoms with Gasteiger partial charge in [-0.25, -0.2) is 0 Å². The minimum atomic E-state index is -0.269. The molecule has 0 aromatic heterocycles. The van der Waals surface area contributed by atoms with E-state index < -0.39 is 0 Å². The molecule has 0 saturated carbocycles. The monoisotopic (exact) mass is 289 g/mol. The van der Waals surface area contributed by atoms with Crippen molar-refractivity contribution >= 4 is 29.1 Å². The first-order valence-corrected chi connectivity index (χ1v) is 6.78. The summed E-state index contributed by atoms with van der Waals surface area (Å²) in [6.45, 7) is 2.65. The number of amides is 1. The zero-order valence-corrected chi connectivity index (χ0v) is 11.8. The molecule has 1 rings (SSSR count). The summed E-state index contributed by atoms with van der Waals surface area (Å²) in [6.07, 6.45) is 1.84. The quantitative estimate of drug-likeness (QED) is 0.623. The lowest BCUT2D eigenvalue weighted by Gasteiger charge is -2.09. The summed E-state index contributed by atoms with van der Waals surface area (Å²) >= 11 is 11.6. The number of carbonyl (C=O) groups excluding carboxylic acids is 1. The van der Waals surface area contributed by atoms with Gasteiger partial charge in [-0.1, -0.05) is 18.5 Å². The lowest BCUT2D eigenvalue weighted by Crippen LogP contribution is -2.25. The molecule has 1 amide bonds. The normalized spacial score (nSPS) is 12.2. The fourth-order valence-corrected chi connectivity index (χ4v) is 1.87. The Morgan fingerprint density at radius 3 is 2.89 bits per heavy atom. The van der Waals surface area contributed by atoms with Crippen LogP contribution < -0.4 is 5.32 Å². The lowest BCUT2D eigenvalue weighted by atomic mass is 10.1. The Morgan fingerprint density at radius 1 is 1.50 bits per heavy atom. The van der Waals surface area contributed by atoms with Crippen LogP contribution in [0.3, 0.4) is 0 Å². The Kier molecular flexibility index (Phi) is 6.30. The van der Waals surface area contributed by atoms with E-state index in [0.717, 1.165) is 12.8 Å². The molecule has 0 aliphatic rings. The number of benzene rings is 1. The number of phenols is 1. The zero-order valence-electron chi connectivity index (χ0n) is 10.2. The highest BCUT2D eigenvalue weighted by Crippen LogP contribution is 2.20. The molecule has 0 heterocycles. The predicted molar refractivity (Wildman–Crippen MR) is 74.6 cm³/mol. The van der Waals surface area contributed by atoms with Crippen molar-refractivity contribution in [2.75, 3.05) is 12.4 Å². The molecule has 0 aliphatic carbocycles. The standard InChI is InChI=1S/C13H17Cl2NO2/c1-9(8-14)3-2-6-16-13(18)11-7-10(17)4-5-12(11)15/h4-5,7,9,17H,2-3,6,8H2,1H3,(H,16,18). The van der Waals surface area contributed by atoms with Crippen LogP contribution in [-0.2, 0) is 0 Å². The minimum absolute atomic E-state index is 0.0281. The highest BCUT2D eigenvalue weighted by atomic mass is 35.5. The van der Waals surface area contributed by atoms with Gasteiger partial charge in [0.25, 0.3) is 5.91 Å².